The molecule has 1 aromatic heterocycles. The van der Waals surface area contributed by atoms with Crippen molar-refractivity contribution < 1.29 is 22.6 Å². The van der Waals surface area contributed by atoms with Gasteiger partial charge in [-0.3, -0.25) is 0 Å². The van der Waals surface area contributed by atoms with E-state index in [0.717, 1.165) is 6.07 Å². The Bertz CT molecular complexity index is 590. The van der Waals surface area contributed by atoms with Crippen LogP contribution in [-0.4, -0.2) is 16.3 Å². The Kier molecular flexibility index (Phi) is 4.04. The number of ether oxygens (including phenoxy) is 2. The van der Waals surface area contributed by atoms with Crippen LogP contribution in [0.15, 0.2) is 36.5 Å². The van der Waals surface area contributed by atoms with E-state index in [1.165, 1.54) is 24.4 Å². The van der Waals surface area contributed by atoms with Crippen LogP contribution in [-0.2, 0) is 6.54 Å². The minimum atomic E-state index is -4.81. The molecular formula is C12H10F3N3O2. The Morgan fingerprint density at radius 3 is 2.45 bits per heavy atom. The molecule has 8 heteroatoms. The van der Waals surface area contributed by atoms with Crippen LogP contribution in [0.1, 0.15) is 5.69 Å². The van der Waals surface area contributed by atoms with Gasteiger partial charge in [0.1, 0.15) is 0 Å². The summed E-state index contributed by atoms with van der Waals surface area (Å²) in [5.74, 6) is -0.610. The van der Waals surface area contributed by atoms with E-state index in [-0.39, 0.29) is 18.3 Å². The van der Waals surface area contributed by atoms with Crippen LogP contribution >= 0.6 is 0 Å². The molecule has 0 amide bonds. The Morgan fingerprint density at radius 1 is 1.10 bits per heavy atom. The van der Waals surface area contributed by atoms with Crippen molar-refractivity contribution in [2.45, 2.75) is 12.9 Å². The molecule has 1 heterocycles. The summed E-state index contributed by atoms with van der Waals surface area (Å²) in [6.45, 7) is 0.166. The van der Waals surface area contributed by atoms with E-state index in [1.807, 2.05) is 0 Å². The van der Waals surface area contributed by atoms with Crippen LogP contribution in [0.3, 0.4) is 0 Å². The van der Waals surface area contributed by atoms with Gasteiger partial charge in [-0.05, 0) is 18.2 Å². The normalized spacial score (nSPS) is 11.2. The minimum Gasteiger partial charge on any atom is -0.420 e. The van der Waals surface area contributed by atoms with Crippen molar-refractivity contribution in [3.63, 3.8) is 0 Å². The number of hydrogen-bond acceptors (Lipinski definition) is 5. The van der Waals surface area contributed by atoms with E-state index in [0.29, 0.717) is 5.69 Å². The topological polar surface area (TPSA) is 70.3 Å². The van der Waals surface area contributed by atoms with Gasteiger partial charge in [0, 0.05) is 12.7 Å². The number of para-hydroxylation sites is 2. The third-order valence-corrected chi connectivity index (χ3v) is 2.18. The maximum absolute atomic E-state index is 12.3. The molecule has 1 aromatic carbocycles. The smallest absolute Gasteiger partial charge is 0.420 e. The first-order valence-corrected chi connectivity index (χ1v) is 5.52. The first-order valence-electron chi connectivity index (χ1n) is 5.52. The lowest BCUT2D eigenvalue weighted by molar-refractivity contribution is -0.275. The second kappa shape index (κ2) is 5.74. The quantitative estimate of drug-likeness (QED) is 0.935. The number of nitrogens with two attached hydrogens (primary N) is 1. The van der Waals surface area contributed by atoms with Crippen molar-refractivity contribution in [1.82, 2.24) is 9.97 Å². The van der Waals surface area contributed by atoms with Gasteiger partial charge in [0.15, 0.2) is 11.5 Å². The fraction of sp³-hybridized carbons (Fsp3) is 0.167. The maximum atomic E-state index is 12.3. The molecular weight excluding hydrogens is 275 g/mol. The first kappa shape index (κ1) is 14.1. The van der Waals surface area contributed by atoms with Crippen molar-refractivity contribution in [2.75, 3.05) is 0 Å². The van der Waals surface area contributed by atoms with Crippen molar-refractivity contribution in [3.8, 4) is 17.5 Å². The van der Waals surface area contributed by atoms with Crippen molar-refractivity contribution in [2.24, 2.45) is 5.73 Å². The van der Waals surface area contributed by atoms with Gasteiger partial charge in [0.05, 0.1) is 5.69 Å². The monoisotopic (exact) mass is 285 g/mol. The number of nitrogens with zero attached hydrogens (tertiary/aromatic N) is 2. The molecule has 0 aliphatic carbocycles. The summed E-state index contributed by atoms with van der Waals surface area (Å²) < 4.78 is 45.8. The van der Waals surface area contributed by atoms with Crippen molar-refractivity contribution in [1.29, 1.82) is 0 Å². The molecule has 5 nitrogen and oxygen atoms in total. The molecule has 0 bridgehead atoms. The van der Waals surface area contributed by atoms with Crippen LogP contribution in [0.5, 0.6) is 17.5 Å². The largest absolute Gasteiger partial charge is 0.573 e. The zero-order valence-corrected chi connectivity index (χ0v) is 10.1. The molecule has 0 aliphatic rings. The number of hydrogen-bond donors (Lipinski definition) is 1. The summed E-state index contributed by atoms with van der Waals surface area (Å²) >= 11 is 0. The molecule has 0 saturated carbocycles. The summed E-state index contributed by atoms with van der Waals surface area (Å²) in [6.07, 6.45) is -3.41. The first-order chi connectivity index (χ1) is 9.48. The van der Waals surface area contributed by atoms with Crippen molar-refractivity contribution >= 4 is 0 Å². The number of rotatable bonds is 4. The molecule has 0 aliphatic heterocycles. The van der Waals surface area contributed by atoms with E-state index in [9.17, 15) is 13.2 Å². The molecule has 0 unspecified atom stereocenters. The summed E-state index contributed by atoms with van der Waals surface area (Å²) in [5, 5.41) is 0. The highest BCUT2D eigenvalue weighted by Crippen LogP contribution is 2.33. The van der Waals surface area contributed by atoms with Gasteiger partial charge < -0.3 is 15.2 Å². The van der Waals surface area contributed by atoms with E-state index in [1.54, 1.807) is 6.07 Å². The molecule has 0 atom stereocenters. The standard InChI is InChI=1S/C12H10F3N3O2/c13-12(14,15)20-10-4-2-1-3-9(10)19-11-17-6-5-8(7-16)18-11/h1-6H,7,16H2. The zero-order chi connectivity index (χ0) is 14.6. The molecule has 0 fully saturated rings. The fourth-order valence-corrected chi connectivity index (χ4v) is 1.38. The third-order valence-electron chi connectivity index (χ3n) is 2.18. The number of alkyl halides is 3. The summed E-state index contributed by atoms with van der Waals surface area (Å²) in [5.41, 5.74) is 5.91. The minimum absolute atomic E-state index is 0.105. The molecule has 20 heavy (non-hydrogen) atoms. The Balaban J connectivity index is 2.24. The predicted molar refractivity (Wildman–Crippen MR) is 63.1 cm³/mol. The Morgan fingerprint density at radius 2 is 1.80 bits per heavy atom. The van der Waals surface area contributed by atoms with E-state index < -0.39 is 12.1 Å². The summed E-state index contributed by atoms with van der Waals surface area (Å²) in [7, 11) is 0. The van der Waals surface area contributed by atoms with E-state index >= 15 is 0 Å². The second-order valence-corrected chi connectivity index (χ2v) is 3.63. The van der Waals surface area contributed by atoms with Gasteiger partial charge in [0.2, 0.25) is 0 Å². The average molecular weight is 285 g/mol. The number of halogens is 3. The SMILES string of the molecule is NCc1ccnc(Oc2ccccc2OC(F)(F)F)n1. The van der Waals surface area contributed by atoms with Gasteiger partial charge in [0.25, 0.3) is 0 Å². The van der Waals surface area contributed by atoms with Crippen LogP contribution < -0.4 is 15.2 Å². The lowest BCUT2D eigenvalue weighted by atomic mass is 10.3. The molecule has 2 aromatic rings. The Hall–Kier alpha value is -2.35. The lowest BCUT2D eigenvalue weighted by Gasteiger charge is -2.12. The molecule has 0 spiro atoms. The molecule has 2 rings (SSSR count). The fourth-order valence-electron chi connectivity index (χ4n) is 1.38. The lowest BCUT2D eigenvalue weighted by Crippen LogP contribution is -2.17. The van der Waals surface area contributed by atoms with Gasteiger partial charge in [-0.2, -0.15) is 4.98 Å². The van der Waals surface area contributed by atoms with Crippen LogP contribution in [0, 0.1) is 0 Å². The van der Waals surface area contributed by atoms with E-state index in [4.69, 9.17) is 10.5 Å². The summed E-state index contributed by atoms with van der Waals surface area (Å²) in [4.78, 5) is 7.72. The zero-order valence-electron chi connectivity index (χ0n) is 10.1. The van der Waals surface area contributed by atoms with Gasteiger partial charge in [-0.15, -0.1) is 13.2 Å². The van der Waals surface area contributed by atoms with Crippen LogP contribution in [0.2, 0.25) is 0 Å². The molecule has 106 valence electrons. The predicted octanol–water partition coefficient (Wildman–Crippen LogP) is 2.63. The van der Waals surface area contributed by atoms with Gasteiger partial charge in [-0.25, -0.2) is 4.98 Å². The van der Waals surface area contributed by atoms with Crippen LogP contribution in [0.25, 0.3) is 0 Å². The molecule has 2 N–H and O–H groups in total. The number of aromatic nitrogens is 2. The maximum Gasteiger partial charge on any atom is 0.573 e. The molecule has 0 saturated heterocycles. The van der Waals surface area contributed by atoms with Crippen molar-refractivity contribution in [3.05, 3.63) is 42.2 Å². The second-order valence-electron chi connectivity index (χ2n) is 3.63. The highest BCUT2D eigenvalue weighted by atomic mass is 19.4. The van der Waals surface area contributed by atoms with E-state index in [2.05, 4.69) is 14.7 Å². The highest BCUT2D eigenvalue weighted by molar-refractivity contribution is 5.41. The van der Waals surface area contributed by atoms with Crippen LogP contribution in [0.4, 0.5) is 13.2 Å². The molecule has 0 radical (unpaired) electrons. The van der Waals surface area contributed by atoms with Gasteiger partial charge >= 0.3 is 12.4 Å². The average Bonchev–Trinajstić information content (AvgIpc) is 2.40. The Labute approximate surface area is 112 Å². The summed E-state index contributed by atoms with van der Waals surface area (Å²) in [6, 6.07) is 6.82. The number of benzene rings is 1. The highest BCUT2D eigenvalue weighted by Gasteiger charge is 2.32. The van der Waals surface area contributed by atoms with Gasteiger partial charge in [-0.1, -0.05) is 12.1 Å². The third kappa shape index (κ3) is 3.82.